The molecule has 4 atom stereocenters. The number of hydrogen-bond acceptors (Lipinski definition) is 7. The molecule has 1 aliphatic heterocycles. The van der Waals surface area contributed by atoms with E-state index in [0.29, 0.717) is 13.0 Å². The molecule has 0 radical (unpaired) electrons. The molecule has 0 aromatic heterocycles. The van der Waals surface area contributed by atoms with Gasteiger partial charge in [0.1, 0.15) is 12.2 Å². The number of nitrogens with zero attached hydrogens (tertiary/aromatic N) is 1. The van der Waals surface area contributed by atoms with Crippen LogP contribution in [-0.4, -0.2) is 75.9 Å². The lowest BCUT2D eigenvalue weighted by Crippen LogP contribution is -2.71. The van der Waals surface area contributed by atoms with E-state index in [2.05, 4.69) is 19.2 Å². The van der Waals surface area contributed by atoms with E-state index in [1.165, 1.54) is 120 Å². The van der Waals surface area contributed by atoms with Gasteiger partial charge in [0, 0.05) is 19.4 Å². The summed E-state index contributed by atoms with van der Waals surface area (Å²) in [6.45, 7) is 3.96. The molecule has 0 spiro atoms. The van der Waals surface area contributed by atoms with Crippen LogP contribution >= 0.6 is 0 Å². The molecule has 47 heavy (non-hydrogen) atoms. The highest BCUT2D eigenvalue weighted by Crippen LogP contribution is 2.32. The molecular weight excluding hydrogens is 594 g/mol. The number of carbonyl (C=O) groups is 2. The van der Waals surface area contributed by atoms with Crippen molar-refractivity contribution in [1.82, 2.24) is 10.2 Å². The first-order valence-corrected chi connectivity index (χ1v) is 19.8. The van der Waals surface area contributed by atoms with Crippen molar-refractivity contribution in [2.24, 2.45) is 5.73 Å². The number of aliphatic hydroxyl groups is 3. The fraction of sp³-hybridized carbons (Fsp3) is 0.947. The molecule has 1 saturated heterocycles. The van der Waals surface area contributed by atoms with Gasteiger partial charge in [0.25, 0.3) is 0 Å². The molecule has 278 valence electrons. The van der Waals surface area contributed by atoms with Crippen molar-refractivity contribution < 1.29 is 29.6 Å². The molecule has 1 rings (SSSR count). The Morgan fingerprint density at radius 2 is 1.11 bits per heavy atom. The Morgan fingerprint density at radius 1 is 0.702 bits per heavy atom. The molecule has 0 unspecified atom stereocenters. The summed E-state index contributed by atoms with van der Waals surface area (Å²) in [6.07, 6.45) is 26.6. The first-order chi connectivity index (χ1) is 22.8. The van der Waals surface area contributed by atoms with Crippen LogP contribution in [0, 0.1) is 0 Å². The lowest BCUT2D eigenvalue weighted by molar-refractivity contribution is -0.280. The van der Waals surface area contributed by atoms with Gasteiger partial charge < -0.3 is 31.1 Å². The molecule has 1 aliphatic rings. The van der Waals surface area contributed by atoms with Crippen molar-refractivity contribution in [2.45, 2.75) is 211 Å². The maximum absolute atomic E-state index is 13.8. The standard InChI is InChI=1S/C38H75N3O6/c1-3-5-7-9-11-13-14-15-16-17-18-19-21-23-25-27-29-41(36(45)28-26-24-22-20-12-10-8-6-4-2)38(40-35(44)31-39)30-33(43)37(46)34(32-42)47-38/h33-34,37,42-43,46H,3-32,39H2,1-2H3,(H,40,44)/t33-,34-,37+,38+/m1/s1. The van der Waals surface area contributed by atoms with Crippen LogP contribution in [0.15, 0.2) is 0 Å². The Hall–Kier alpha value is -1.26. The van der Waals surface area contributed by atoms with Crippen LogP contribution in [0.2, 0.25) is 0 Å². The molecule has 0 saturated carbocycles. The minimum Gasteiger partial charge on any atom is -0.394 e. The predicted molar refractivity (Wildman–Crippen MR) is 192 cm³/mol. The van der Waals surface area contributed by atoms with E-state index < -0.39 is 36.7 Å². The number of ether oxygens (including phenoxy) is 1. The maximum Gasteiger partial charge on any atom is 0.237 e. The Bertz CT molecular complexity index is 772. The van der Waals surface area contributed by atoms with Crippen LogP contribution in [0.5, 0.6) is 0 Å². The van der Waals surface area contributed by atoms with Gasteiger partial charge in [-0.15, -0.1) is 0 Å². The van der Waals surface area contributed by atoms with Gasteiger partial charge in [0.15, 0.2) is 0 Å². The first kappa shape index (κ1) is 43.8. The number of unbranched alkanes of at least 4 members (excludes halogenated alkanes) is 23. The molecular formula is C38H75N3O6. The summed E-state index contributed by atoms with van der Waals surface area (Å²) in [5.41, 5.74) is 5.63. The van der Waals surface area contributed by atoms with E-state index in [0.717, 1.165) is 44.9 Å². The highest BCUT2D eigenvalue weighted by atomic mass is 16.6. The number of carbonyl (C=O) groups excluding carboxylic acids is 2. The molecule has 6 N–H and O–H groups in total. The SMILES string of the molecule is CCCCCCCCCCCCCCCCCCN(C(=O)CCCCCCCCCCC)[C@@]1(NC(=O)CN)C[C@@H](O)[C@H](O)[C@@H](CO)O1. The van der Waals surface area contributed by atoms with Gasteiger partial charge in [-0.25, -0.2) is 0 Å². The van der Waals surface area contributed by atoms with Gasteiger partial charge in [-0.1, -0.05) is 162 Å². The number of rotatable bonds is 31. The lowest BCUT2D eigenvalue weighted by atomic mass is 9.96. The summed E-state index contributed by atoms with van der Waals surface area (Å²) < 4.78 is 6.09. The molecule has 1 heterocycles. The second kappa shape index (κ2) is 28.6. The second-order valence-corrected chi connectivity index (χ2v) is 14.1. The zero-order valence-corrected chi connectivity index (χ0v) is 30.5. The molecule has 0 aliphatic carbocycles. The van der Waals surface area contributed by atoms with Crippen LogP contribution in [0.3, 0.4) is 0 Å². The maximum atomic E-state index is 13.8. The van der Waals surface area contributed by atoms with Crippen molar-refractivity contribution >= 4 is 11.8 Å². The number of hydrogen-bond donors (Lipinski definition) is 5. The first-order valence-electron chi connectivity index (χ1n) is 19.8. The van der Waals surface area contributed by atoms with Gasteiger partial charge in [0.05, 0.1) is 19.3 Å². The number of nitrogens with two attached hydrogens (primary N) is 1. The Kier molecular flexibility index (Phi) is 26.6. The predicted octanol–water partition coefficient (Wildman–Crippen LogP) is 7.23. The smallest absolute Gasteiger partial charge is 0.237 e. The monoisotopic (exact) mass is 670 g/mol. The van der Waals surface area contributed by atoms with Gasteiger partial charge in [-0.3, -0.25) is 14.5 Å². The third kappa shape index (κ3) is 19.5. The van der Waals surface area contributed by atoms with E-state index in [9.17, 15) is 24.9 Å². The molecule has 9 heteroatoms. The summed E-state index contributed by atoms with van der Waals surface area (Å²) in [5.74, 6) is -2.36. The van der Waals surface area contributed by atoms with Gasteiger partial charge in [-0.2, -0.15) is 0 Å². The average Bonchev–Trinajstić information content (AvgIpc) is 3.06. The quantitative estimate of drug-likeness (QED) is 0.0387. The minimum absolute atomic E-state index is 0.161. The Balaban J connectivity index is 2.60. The van der Waals surface area contributed by atoms with E-state index in [1.54, 1.807) is 0 Å². The van der Waals surface area contributed by atoms with Crippen molar-refractivity contribution in [3.8, 4) is 0 Å². The molecule has 2 amide bonds. The molecule has 9 nitrogen and oxygen atoms in total. The number of nitrogens with one attached hydrogen (secondary N) is 1. The van der Waals surface area contributed by atoms with Crippen molar-refractivity contribution in [1.29, 1.82) is 0 Å². The third-order valence-corrected chi connectivity index (χ3v) is 9.77. The fourth-order valence-electron chi connectivity index (χ4n) is 6.80. The average molecular weight is 670 g/mol. The van der Waals surface area contributed by atoms with E-state index >= 15 is 0 Å². The highest BCUT2D eigenvalue weighted by Gasteiger charge is 2.51. The van der Waals surface area contributed by atoms with Crippen molar-refractivity contribution in [3.05, 3.63) is 0 Å². The van der Waals surface area contributed by atoms with Gasteiger partial charge in [-0.05, 0) is 12.8 Å². The highest BCUT2D eigenvalue weighted by molar-refractivity contribution is 5.81. The second-order valence-electron chi connectivity index (χ2n) is 14.1. The lowest BCUT2D eigenvalue weighted by Gasteiger charge is -2.50. The largest absolute Gasteiger partial charge is 0.394 e. The van der Waals surface area contributed by atoms with Crippen LogP contribution in [-0.2, 0) is 14.3 Å². The van der Waals surface area contributed by atoms with E-state index in [1.807, 2.05) is 0 Å². The molecule has 0 aromatic carbocycles. The Morgan fingerprint density at radius 3 is 1.51 bits per heavy atom. The summed E-state index contributed by atoms with van der Waals surface area (Å²) >= 11 is 0. The van der Waals surface area contributed by atoms with Crippen LogP contribution < -0.4 is 11.1 Å². The van der Waals surface area contributed by atoms with Gasteiger partial charge >= 0.3 is 0 Å². The Labute approximate surface area is 288 Å². The third-order valence-electron chi connectivity index (χ3n) is 9.77. The number of amides is 2. The minimum atomic E-state index is -1.67. The summed E-state index contributed by atoms with van der Waals surface area (Å²) in [5, 5.41) is 33.8. The van der Waals surface area contributed by atoms with Crippen LogP contribution in [0.4, 0.5) is 0 Å². The topological polar surface area (TPSA) is 145 Å². The van der Waals surface area contributed by atoms with Crippen LogP contribution in [0.25, 0.3) is 0 Å². The molecule has 1 fully saturated rings. The zero-order chi connectivity index (χ0) is 34.6. The van der Waals surface area contributed by atoms with E-state index in [4.69, 9.17) is 10.5 Å². The summed E-state index contributed by atoms with van der Waals surface area (Å²) in [6, 6.07) is 0. The number of aliphatic hydroxyl groups excluding tert-OH is 3. The zero-order valence-electron chi connectivity index (χ0n) is 30.5. The summed E-state index contributed by atoms with van der Waals surface area (Å²) in [7, 11) is 0. The van der Waals surface area contributed by atoms with Gasteiger partial charge in [0.2, 0.25) is 17.7 Å². The summed E-state index contributed by atoms with van der Waals surface area (Å²) in [4.78, 5) is 27.9. The van der Waals surface area contributed by atoms with Crippen molar-refractivity contribution in [2.75, 3.05) is 19.7 Å². The normalized spacial score (nSPS) is 21.2. The molecule has 0 bridgehead atoms. The molecule has 0 aromatic rings. The fourth-order valence-corrected chi connectivity index (χ4v) is 6.80. The van der Waals surface area contributed by atoms with E-state index in [-0.39, 0.29) is 18.9 Å². The van der Waals surface area contributed by atoms with Crippen molar-refractivity contribution in [3.63, 3.8) is 0 Å². The van der Waals surface area contributed by atoms with Crippen LogP contribution in [0.1, 0.15) is 187 Å².